The van der Waals surface area contributed by atoms with Crippen molar-refractivity contribution in [3.05, 3.63) is 30.9 Å². The van der Waals surface area contributed by atoms with Gasteiger partial charge >= 0.3 is 6.09 Å². The predicted octanol–water partition coefficient (Wildman–Crippen LogP) is 3.52. The van der Waals surface area contributed by atoms with Gasteiger partial charge in [-0.2, -0.15) is 5.10 Å². The van der Waals surface area contributed by atoms with Gasteiger partial charge in [-0.1, -0.05) is 0 Å². The van der Waals surface area contributed by atoms with Crippen molar-refractivity contribution in [3.8, 4) is 11.3 Å². The number of aromatic nitrogens is 6. The molecule has 4 aromatic heterocycles. The minimum atomic E-state index is -0.510. The molecule has 0 radical (unpaired) electrons. The highest BCUT2D eigenvalue weighted by Gasteiger charge is 2.30. The highest BCUT2D eigenvalue weighted by atomic mass is 16.6. The number of hydrogen-bond acceptors (Lipinski definition) is 7. The Labute approximate surface area is 184 Å². The predicted molar refractivity (Wildman–Crippen MR) is 121 cm³/mol. The highest BCUT2D eigenvalue weighted by molar-refractivity contribution is 5.99. The van der Waals surface area contributed by atoms with Crippen molar-refractivity contribution >= 4 is 34.0 Å². The van der Waals surface area contributed by atoms with Crippen molar-refractivity contribution in [3.63, 3.8) is 0 Å². The number of rotatable bonds is 2. The first kappa shape index (κ1) is 20.2. The maximum absolute atomic E-state index is 12.4. The average Bonchev–Trinajstić information content (AvgIpc) is 3.37. The molecule has 0 aromatic carbocycles. The molecule has 3 N–H and O–H groups in total. The summed E-state index contributed by atoms with van der Waals surface area (Å²) in [5.74, 6) is 0.386. The summed E-state index contributed by atoms with van der Waals surface area (Å²) in [5.41, 5.74) is 8.81. The van der Waals surface area contributed by atoms with Gasteiger partial charge in [0.05, 0.1) is 11.4 Å². The number of hydrogen-bond donors (Lipinski definition) is 2. The average molecular weight is 435 g/mol. The molecule has 1 amide bonds. The van der Waals surface area contributed by atoms with Crippen molar-refractivity contribution in [2.45, 2.75) is 45.3 Å². The maximum atomic E-state index is 12.4. The number of carbonyl (C=O) groups excluding carboxylic acids is 1. The Bertz CT molecular complexity index is 1290. The fraction of sp³-hybridized carbons (Fsp3) is 0.409. The van der Waals surface area contributed by atoms with Crippen LogP contribution in [0.15, 0.2) is 30.9 Å². The van der Waals surface area contributed by atoms with Gasteiger partial charge < -0.3 is 20.4 Å². The molecule has 166 valence electrons. The van der Waals surface area contributed by atoms with Gasteiger partial charge in [0.1, 0.15) is 29.1 Å². The number of H-pyrrole nitrogens is 1. The largest absolute Gasteiger partial charge is 0.444 e. The second kappa shape index (κ2) is 7.47. The van der Waals surface area contributed by atoms with Crippen molar-refractivity contribution in [1.29, 1.82) is 0 Å². The number of pyridine rings is 1. The van der Waals surface area contributed by atoms with E-state index >= 15 is 0 Å². The number of aromatic amines is 1. The maximum Gasteiger partial charge on any atom is 0.410 e. The van der Waals surface area contributed by atoms with E-state index in [1.807, 2.05) is 43.8 Å². The molecule has 0 bridgehead atoms. The number of nitrogens with one attached hydrogen (secondary N) is 1. The van der Waals surface area contributed by atoms with Gasteiger partial charge in [-0.15, -0.1) is 0 Å². The Balaban J connectivity index is 1.47. The lowest BCUT2D eigenvalue weighted by molar-refractivity contribution is 0.0186. The summed E-state index contributed by atoms with van der Waals surface area (Å²) >= 11 is 0. The normalized spacial score (nSPS) is 15.5. The number of fused-ring (bicyclic) bond motifs is 2. The highest BCUT2D eigenvalue weighted by Crippen LogP contribution is 2.34. The molecule has 1 fully saturated rings. The molecule has 1 aliphatic heterocycles. The van der Waals surface area contributed by atoms with Crippen molar-refractivity contribution < 1.29 is 9.53 Å². The van der Waals surface area contributed by atoms with E-state index in [1.54, 1.807) is 11.1 Å². The van der Waals surface area contributed by atoms with Crippen LogP contribution in [-0.4, -0.2) is 59.4 Å². The zero-order valence-corrected chi connectivity index (χ0v) is 18.4. The minimum absolute atomic E-state index is 0.0863. The summed E-state index contributed by atoms with van der Waals surface area (Å²) in [6.07, 6.45) is 6.31. The molecule has 0 saturated carbocycles. The summed E-state index contributed by atoms with van der Waals surface area (Å²) in [6, 6.07) is 4.09. The van der Waals surface area contributed by atoms with Crippen LogP contribution in [0, 0.1) is 0 Å². The van der Waals surface area contributed by atoms with Crippen molar-refractivity contribution in [1.82, 2.24) is 34.6 Å². The van der Waals surface area contributed by atoms with Crippen LogP contribution in [0.25, 0.3) is 33.3 Å². The summed E-state index contributed by atoms with van der Waals surface area (Å²) in [4.78, 5) is 30.5. The van der Waals surface area contributed by atoms with Crippen LogP contribution in [0.5, 0.6) is 0 Å². The molecule has 1 aliphatic rings. The molecule has 5 heterocycles. The number of anilines is 1. The summed E-state index contributed by atoms with van der Waals surface area (Å²) in [5, 5.41) is 6.63. The quantitative estimate of drug-likeness (QED) is 0.494. The summed E-state index contributed by atoms with van der Waals surface area (Å²) < 4.78 is 7.44. The third-order valence-electron chi connectivity index (χ3n) is 5.65. The Morgan fingerprint density at radius 2 is 2.00 bits per heavy atom. The molecular weight excluding hydrogens is 408 g/mol. The van der Waals surface area contributed by atoms with E-state index in [-0.39, 0.29) is 12.1 Å². The third-order valence-corrected chi connectivity index (χ3v) is 5.65. The second-order valence-corrected chi connectivity index (χ2v) is 9.09. The fourth-order valence-corrected chi connectivity index (χ4v) is 4.14. The monoisotopic (exact) mass is 434 g/mol. The van der Waals surface area contributed by atoms with E-state index in [1.165, 1.54) is 6.33 Å². The summed E-state index contributed by atoms with van der Waals surface area (Å²) in [6.45, 7) is 6.80. The molecule has 10 heteroatoms. The fourth-order valence-electron chi connectivity index (χ4n) is 4.14. The number of piperidine rings is 1. The number of likely N-dealkylation sites (tertiary alicyclic amines) is 1. The lowest BCUT2D eigenvalue weighted by atomic mass is 10.1. The Morgan fingerprint density at radius 1 is 1.22 bits per heavy atom. The third kappa shape index (κ3) is 3.61. The molecular formula is C22H26N8O2. The molecule has 1 saturated heterocycles. The molecule has 5 rings (SSSR count). The first-order valence-electron chi connectivity index (χ1n) is 10.7. The smallest absolute Gasteiger partial charge is 0.410 e. The standard InChI is InChI=1S/C22H26N8O2/c1-22(2,3)32-21(31)29-8-5-15(6-9-29)30-20-16(18(23)26-12-27-20)17(28-30)14-10-13-4-7-24-19(13)25-11-14/h4,7,10-12,15H,5-6,8-9H2,1-3H3,(H,24,25)(H2,23,26,27). The number of nitrogen functional groups attached to an aromatic ring is 1. The first-order valence-corrected chi connectivity index (χ1v) is 10.7. The van der Waals surface area contributed by atoms with Gasteiger partial charge in [-0.3, -0.25) is 0 Å². The zero-order valence-electron chi connectivity index (χ0n) is 18.4. The van der Waals surface area contributed by atoms with E-state index in [4.69, 9.17) is 15.6 Å². The minimum Gasteiger partial charge on any atom is -0.444 e. The van der Waals surface area contributed by atoms with Crippen LogP contribution in [0.2, 0.25) is 0 Å². The van der Waals surface area contributed by atoms with Gasteiger partial charge in [-0.05, 0) is 45.7 Å². The Morgan fingerprint density at radius 3 is 2.75 bits per heavy atom. The van der Waals surface area contributed by atoms with Gasteiger partial charge in [0.25, 0.3) is 0 Å². The first-order chi connectivity index (χ1) is 15.3. The molecule has 0 aliphatic carbocycles. The van der Waals surface area contributed by atoms with E-state index in [0.29, 0.717) is 30.2 Å². The lowest BCUT2D eigenvalue weighted by Crippen LogP contribution is -2.42. The molecule has 32 heavy (non-hydrogen) atoms. The van der Waals surface area contributed by atoms with E-state index in [9.17, 15) is 4.79 Å². The van der Waals surface area contributed by atoms with Crippen LogP contribution in [0.1, 0.15) is 39.7 Å². The summed E-state index contributed by atoms with van der Waals surface area (Å²) in [7, 11) is 0. The molecule has 0 atom stereocenters. The number of ether oxygens (including phenoxy) is 1. The van der Waals surface area contributed by atoms with E-state index in [0.717, 1.165) is 34.8 Å². The van der Waals surface area contributed by atoms with Crippen molar-refractivity contribution in [2.75, 3.05) is 18.8 Å². The molecule has 0 unspecified atom stereocenters. The van der Waals surface area contributed by atoms with E-state index < -0.39 is 5.60 Å². The lowest BCUT2D eigenvalue weighted by Gasteiger charge is -2.33. The van der Waals surface area contributed by atoms with Crippen LogP contribution in [0.4, 0.5) is 10.6 Å². The number of nitrogens with two attached hydrogens (primary N) is 1. The van der Waals surface area contributed by atoms with Crippen LogP contribution >= 0.6 is 0 Å². The van der Waals surface area contributed by atoms with Crippen LogP contribution in [-0.2, 0) is 4.74 Å². The molecule has 10 nitrogen and oxygen atoms in total. The van der Waals surface area contributed by atoms with E-state index in [2.05, 4.69) is 19.9 Å². The SMILES string of the molecule is CC(C)(C)OC(=O)N1CCC(n2nc(-c3cnc4[nH]ccc4c3)c3c(N)ncnc32)CC1. The Hall–Kier alpha value is -3.69. The molecule has 4 aromatic rings. The van der Waals surface area contributed by atoms with Crippen LogP contribution < -0.4 is 5.73 Å². The zero-order chi connectivity index (χ0) is 22.5. The number of amides is 1. The van der Waals surface area contributed by atoms with Crippen LogP contribution in [0.3, 0.4) is 0 Å². The molecule has 0 spiro atoms. The van der Waals surface area contributed by atoms with Gasteiger partial charge in [0.2, 0.25) is 0 Å². The second-order valence-electron chi connectivity index (χ2n) is 9.09. The van der Waals surface area contributed by atoms with Gasteiger partial charge in [0, 0.05) is 36.4 Å². The number of carbonyl (C=O) groups is 1. The van der Waals surface area contributed by atoms with Gasteiger partial charge in [0.15, 0.2) is 5.65 Å². The van der Waals surface area contributed by atoms with Gasteiger partial charge in [-0.25, -0.2) is 24.4 Å². The van der Waals surface area contributed by atoms with Crippen molar-refractivity contribution in [2.24, 2.45) is 0 Å². The Kier molecular flexibility index (Phi) is 4.72. The number of nitrogens with zero attached hydrogens (tertiary/aromatic N) is 6. The topological polar surface area (TPSA) is 128 Å².